The van der Waals surface area contributed by atoms with Crippen molar-refractivity contribution in [1.29, 1.82) is 0 Å². The highest BCUT2D eigenvalue weighted by Crippen LogP contribution is 2.34. The summed E-state index contributed by atoms with van der Waals surface area (Å²) in [5.74, 6) is 0. The van der Waals surface area contributed by atoms with E-state index >= 15 is 0 Å². The van der Waals surface area contributed by atoms with Crippen molar-refractivity contribution in [1.82, 2.24) is 0 Å². The number of hydrogen-bond acceptors (Lipinski definition) is 2. The van der Waals surface area contributed by atoms with Gasteiger partial charge in [0.25, 0.3) is 0 Å². The van der Waals surface area contributed by atoms with Gasteiger partial charge in [0.15, 0.2) is 0 Å². The smallest absolute Gasteiger partial charge is 0.0932 e. The van der Waals surface area contributed by atoms with Crippen LogP contribution in [0.15, 0.2) is 28.7 Å². The standard InChI is InChI=1S/C13H12BrCl2NS/c1-7-5-9(14)11(6-10(7)15)17-8(2)12-3-4-13(16)18-12/h3-6,8,17H,1-2H3. The van der Waals surface area contributed by atoms with Gasteiger partial charge in [0.1, 0.15) is 0 Å². The molecule has 2 rings (SSSR count). The molecule has 0 fully saturated rings. The van der Waals surface area contributed by atoms with Crippen LogP contribution in [-0.2, 0) is 0 Å². The highest BCUT2D eigenvalue weighted by molar-refractivity contribution is 9.10. The van der Waals surface area contributed by atoms with Gasteiger partial charge in [0.2, 0.25) is 0 Å². The molecule has 1 aromatic carbocycles. The largest absolute Gasteiger partial charge is 0.377 e. The summed E-state index contributed by atoms with van der Waals surface area (Å²) in [7, 11) is 0. The van der Waals surface area contributed by atoms with Crippen molar-refractivity contribution in [3.8, 4) is 0 Å². The van der Waals surface area contributed by atoms with E-state index in [-0.39, 0.29) is 6.04 Å². The Balaban J connectivity index is 2.21. The van der Waals surface area contributed by atoms with E-state index in [1.165, 1.54) is 4.88 Å². The highest BCUT2D eigenvalue weighted by Gasteiger charge is 2.11. The van der Waals surface area contributed by atoms with Crippen LogP contribution in [0, 0.1) is 6.92 Å². The zero-order valence-corrected chi connectivity index (χ0v) is 13.8. The third-order valence-corrected chi connectivity index (χ3v) is 5.12. The van der Waals surface area contributed by atoms with Gasteiger partial charge in [-0.15, -0.1) is 11.3 Å². The van der Waals surface area contributed by atoms with Gasteiger partial charge in [-0.25, -0.2) is 0 Å². The van der Waals surface area contributed by atoms with Crippen molar-refractivity contribution in [2.24, 2.45) is 0 Å². The molecule has 1 aromatic heterocycles. The third-order valence-electron chi connectivity index (χ3n) is 2.64. The topological polar surface area (TPSA) is 12.0 Å². The van der Waals surface area contributed by atoms with Crippen LogP contribution >= 0.6 is 50.5 Å². The normalized spacial score (nSPS) is 12.5. The summed E-state index contributed by atoms with van der Waals surface area (Å²) < 4.78 is 1.82. The number of hydrogen-bond donors (Lipinski definition) is 1. The molecule has 0 aliphatic carbocycles. The summed E-state index contributed by atoms with van der Waals surface area (Å²) in [5, 5.41) is 4.19. The first kappa shape index (κ1) is 14.2. The van der Waals surface area contributed by atoms with Crippen LogP contribution in [0.2, 0.25) is 9.36 Å². The maximum Gasteiger partial charge on any atom is 0.0932 e. The van der Waals surface area contributed by atoms with E-state index in [2.05, 4.69) is 28.2 Å². The minimum Gasteiger partial charge on any atom is -0.377 e. The van der Waals surface area contributed by atoms with Gasteiger partial charge < -0.3 is 5.32 Å². The van der Waals surface area contributed by atoms with Crippen LogP contribution in [0.25, 0.3) is 0 Å². The number of anilines is 1. The third kappa shape index (κ3) is 3.21. The van der Waals surface area contributed by atoms with Gasteiger partial charge in [0.05, 0.1) is 16.1 Å². The lowest BCUT2D eigenvalue weighted by Crippen LogP contribution is -2.05. The average Bonchev–Trinajstić information content (AvgIpc) is 2.73. The molecule has 0 radical (unpaired) electrons. The Hall–Kier alpha value is -0.220. The SMILES string of the molecule is Cc1cc(Br)c(NC(C)c2ccc(Cl)s2)cc1Cl. The van der Waals surface area contributed by atoms with E-state index < -0.39 is 0 Å². The molecule has 18 heavy (non-hydrogen) atoms. The second-order valence-electron chi connectivity index (χ2n) is 4.09. The lowest BCUT2D eigenvalue weighted by molar-refractivity contribution is 0.906. The Labute approximate surface area is 129 Å². The first-order chi connectivity index (χ1) is 8.47. The first-order valence-corrected chi connectivity index (χ1v) is 7.81. The van der Waals surface area contributed by atoms with Crippen LogP contribution in [0.1, 0.15) is 23.4 Å². The molecule has 1 unspecified atom stereocenters. The molecule has 0 spiro atoms. The summed E-state index contributed by atoms with van der Waals surface area (Å²) in [5.41, 5.74) is 2.04. The summed E-state index contributed by atoms with van der Waals surface area (Å²) in [6.45, 7) is 4.09. The monoisotopic (exact) mass is 363 g/mol. The van der Waals surface area contributed by atoms with Gasteiger partial charge in [0, 0.05) is 14.4 Å². The number of halogens is 3. The Morgan fingerprint density at radius 2 is 2.00 bits per heavy atom. The number of aryl methyl sites for hydroxylation is 1. The van der Waals surface area contributed by atoms with E-state index in [1.807, 2.05) is 31.2 Å². The zero-order valence-electron chi connectivity index (χ0n) is 9.93. The minimum absolute atomic E-state index is 0.192. The van der Waals surface area contributed by atoms with Crippen molar-refractivity contribution >= 4 is 56.2 Å². The predicted octanol–water partition coefficient (Wildman–Crippen LogP) is 6.30. The van der Waals surface area contributed by atoms with Crippen LogP contribution < -0.4 is 5.32 Å². The van der Waals surface area contributed by atoms with Crippen LogP contribution in [0.3, 0.4) is 0 Å². The van der Waals surface area contributed by atoms with Crippen LogP contribution in [0.4, 0.5) is 5.69 Å². The second kappa shape index (κ2) is 5.83. The lowest BCUT2D eigenvalue weighted by atomic mass is 10.2. The fourth-order valence-corrected chi connectivity index (χ4v) is 3.42. The Kier molecular flexibility index (Phi) is 4.59. The lowest BCUT2D eigenvalue weighted by Gasteiger charge is -2.16. The molecule has 1 atom stereocenters. The summed E-state index contributed by atoms with van der Waals surface area (Å²) in [6, 6.07) is 8.09. The maximum atomic E-state index is 6.14. The highest BCUT2D eigenvalue weighted by atomic mass is 79.9. The quantitative estimate of drug-likeness (QED) is 0.673. The van der Waals surface area contributed by atoms with Crippen molar-refractivity contribution in [3.63, 3.8) is 0 Å². The van der Waals surface area contributed by atoms with Crippen molar-refractivity contribution in [3.05, 3.63) is 48.5 Å². The number of nitrogens with one attached hydrogen (secondary N) is 1. The van der Waals surface area contributed by atoms with Gasteiger partial charge in [-0.1, -0.05) is 23.2 Å². The molecule has 0 bridgehead atoms. The minimum atomic E-state index is 0.192. The molecule has 2 aromatic rings. The van der Waals surface area contributed by atoms with Gasteiger partial charge in [-0.2, -0.15) is 0 Å². The molecule has 0 saturated carbocycles. The fraction of sp³-hybridized carbons (Fsp3) is 0.231. The molecule has 1 heterocycles. The van der Waals surface area contributed by atoms with E-state index in [0.717, 1.165) is 25.1 Å². The average molecular weight is 365 g/mol. The molecule has 5 heteroatoms. The van der Waals surface area contributed by atoms with E-state index in [4.69, 9.17) is 23.2 Å². The van der Waals surface area contributed by atoms with Gasteiger partial charge >= 0.3 is 0 Å². The molecule has 1 N–H and O–H groups in total. The first-order valence-electron chi connectivity index (χ1n) is 5.45. The Bertz CT molecular complexity index is 568. The Morgan fingerprint density at radius 1 is 1.28 bits per heavy atom. The zero-order chi connectivity index (χ0) is 13.3. The van der Waals surface area contributed by atoms with Gasteiger partial charge in [-0.05, 0) is 59.6 Å². The molecule has 0 amide bonds. The predicted molar refractivity (Wildman–Crippen MR) is 85.3 cm³/mol. The van der Waals surface area contributed by atoms with Crippen molar-refractivity contribution in [2.45, 2.75) is 19.9 Å². The van der Waals surface area contributed by atoms with Crippen molar-refractivity contribution in [2.75, 3.05) is 5.32 Å². The number of rotatable bonds is 3. The molecule has 1 nitrogen and oxygen atoms in total. The molecule has 0 saturated heterocycles. The number of thiophene rings is 1. The molecular formula is C13H12BrCl2NS. The Morgan fingerprint density at radius 3 is 2.61 bits per heavy atom. The summed E-state index contributed by atoms with van der Waals surface area (Å²) in [4.78, 5) is 1.20. The van der Waals surface area contributed by atoms with E-state index in [9.17, 15) is 0 Å². The van der Waals surface area contributed by atoms with Crippen molar-refractivity contribution < 1.29 is 0 Å². The van der Waals surface area contributed by atoms with E-state index in [0.29, 0.717) is 0 Å². The maximum absolute atomic E-state index is 6.14. The number of benzene rings is 1. The molecule has 96 valence electrons. The van der Waals surface area contributed by atoms with E-state index in [1.54, 1.807) is 11.3 Å². The summed E-state index contributed by atoms with van der Waals surface area (Å²) >= 11 is 17.2. The van der Waals surface area contributed by atoms with Crippen LogP contribution in [0.5, 0.6) is 0 Å². The molecular weight excluding hydrogens is 353 g/mol. The van der Waals surface area contributed by atoms with Crippen LogP contribution in [-0.4, -0.2) is 0 Å². The molecule has 0 aliphatic heterocycles. The fourth-order valence-electron chi connectivity index (χ4n) is 1.62. The second-order valence-corrected chi connectivity index (χ2v) is 7.10. The summed E-state index contributed by atoms with van der Waals surface area (Å²) in [6.07, 6.45) is 0. The molecule has 0 aliphatic rings. The van der Waals surface area contributed by atoms with Gasteiger partial charge in [-0.3, -0.25) is 0 Å².